The molecular formula is C30H36ClN3O7S. The number of halogens is 1. The minimum Gasteiger partial charge on any atom is -0.492 e. The summed E-state index contributed by atoms with van der Waals surface area (Å²) in [4.78, 5) is 29.2. The Hall–Kier alpha value is -3.38. The number of sulfonamides is 1. The van der Waals surface area contributed by atoms with Gasteiger partial charge in [-0.15, -0.1) is 0 Å². The van der Waals surface area contributed by atoms with Gasteiger partial charge in [-0.2, -0.15) is 0 Å². The Morgan fingerprint density at radius 1 is 1.07 bits per heavy atom. The highest BCUT2D eigenvalue weighted by atomic mass is 35.5. The number of carbonyl (C=O) groups is 2. The molecule has 12 heteroatoms. The number of Topliss-reactive ketones (excluding diaryl/α,β-unsaturated/α-hetero) is 1. The molecule has 1 amide bonds. The van der Waals surface area contributed by atoms with Gasteiger partial charge in [-0.25, -0.2) is 8.42 Å². The van der Waals surface area contributed by atoms with Crippen LogP contribution in [0.2, 0.25) is 5.02 Å². The molecule has 0 unspecified atom stereocenters. The zero-order valence-corrected chi connectivity index (χ0v) is 25.9. The zero-order chi connectivity index (χ0) is 30.7. The van der Waals surface area contributed by atoms with Crippen LogP contribution in [0.4, 0.5) is 11.4 Å². The molecular weight excluding hydrogens is 582 g/mol. The van der Waals surface area contributed by atoms with Crippen molar-refractivity contribution in [3.8, 4) is 11.5 Å². The number of hydrogen-bond donors (Lipinski definition) is 2. The van der Waals surface area contributed by atoms with Crippen molar-refractivity contribution >= 4 is 55.5 Å². The van der Waals surface area contributed by atoms with Crippen LogP contribution in [0.15, 0.2) is 42.5 Å². The van der Waals surface area contributed by atoms with Gasteiger partial charge in [-0.05, 0) is 41.3 Å². The monoisotopic (exact) mass is 617 g/mol. The fraction of sp³-hybridized carbons (Fsp3) is 0.400. The molecule has 0 atom stereocenters. The normalized spacial score (nSPS) is 14.4. The number of morpholine rings is 1. The maximum atomic E-state index is 13.6. The van der Waals surface area contributed by atoms with Gasteiger partial charge in [-0.3, -0.25) is 19.2 Å². The van der Waals surface area contributed by atoms with Crippen molar-refractivity contribution in [3.05, 3.63) is 58.6 Å². The van der Waals surface area contributed by atoms with Crippen LogP contribution >= 0.6 is 11.6 Å². The fourth-order valence-electron chi connectivity index (χ4n) is 4.71. The minimum absolute atomic E-state index is 0.0708. The second-order valence-electron chi connectivity index (χ2n) is 11.1. The van der Waals surface area contributed by atoms with Gasteiger partial charge >= 0.3 is 0 Å². The number of nitrogens with zero attached hydrogens (tertiary/aromatic N) is 1. The molecule has 0 saturated carbocycles. The van der Waals surface area contributed by atoms with Gasteiger partial charge < -0.3 is 19.5 Å². The van der Waals surface area contributed by atoms with E-state index in [9.17, 15) is 18.0 Å². The lowest BCUT2D eigenvalue weighted by molar-refractivity contribution is -0.112. The summed E-state index contributed by atoms with van der Waals surface area (Å²) < 4.78 is 43.5. The van der Waals surface area contributed by atoms with E-state index in [1.807, 2.05) is 20.8 Å². The van der Waals surface area contributed by atoms with Crippen LogP contribution < -0.4 is 19.5 Å². The van der Waals surface area contributed by atoms with E-state index in [0.29, 0.717) is 46.9 Å². The van der Waals surface area contributed by atoms with Gasteiger partial charge in [0.05, 0.1) is 38.0 Å². The number of nitrogens with one attached hydrogen (secondary N) is 2. The maximum absolute atomic E-state index is 13.6. The van der Waals surface area contributed by atoms with Crippen molar-refractivity contribution in [3.63, 3.8) is 0 Å². The molecule has 10 nitrogen and oxygen atoms in total. The summed E-state index contributed by atoms with van der Waals surface area (Å²) in [7, 11) is -2.32. The van der Waals surface area contributed by atoms with Gasteiger partial charge in [-0.1, -0.05) is 44.5 Å². The minimum atomic E-state index is -3.67. The first kappa shape index (κ1) is 31.6. The maximum Gasteiger partial charge on any atom is 0.296 e. The highest BCUT2D eigenvalue weighted by molar-refractivity contribution is 7.92. The van der Waals surface area contributed by atoms with Gasteiger partial charge in [0.2, 0.25) is 10.0 Å². The standard InChI is InChI=1S/C30H36ClN3O7S/c1-30(2,3)19-17-23(28(39-4)24(18-19)33-42(5,37)38)32-29(36)27(35)21-9-10-25(20-7-6-8-22(31)26(20)21)41-16-13-34-11-14-40-15-12-34/h6-10,17-18,33H,11-16H2,1-5H3,(H,32,36). The number of ketones is 1. The third kappa shape index (κ3) is 7.52. The number of amides is 1. The molecule has 0 aromatic heterocycles. The van der Waals surface area contributed by atoms with Gasteiger partial charge in [0, 0.05) is 41.0 Å². The van der Waals surface area contributed by atoms with Crippen LogP contribution in [0, 0.1) is 0 Å². The topological polar surface area (TPSA) is 123 Å². The number of benzene rings is 3. The van der Waals surface area contributed by atoms with Crippen molar-refractivity contribution < 1.29 is 32.2 Å². The Morgan fingerprint density at radius 2 is 1.76 bits per heavy atom. The number of fused-ring (bicyclic) bond motifs is 1. The number of ether oxygens (including phenoxy) is 3. The van der Waals surface area contributed by atoms with Crippen LogP contribution in [0.1, 0.15) is 36.7 Å². The predicted octanol–water partition coefficient (Wildman–Crippen LogP) is 4.70. The van der Waals surface area contributed by atoms with Crippen molar-refractivity contribution in [2.75, 3.05) is 62.9 Å². The lowest BCUT2D eigenvalue weighted by atomic mass is 9.86. The Morgan fingerprint density at radius 3 is 2.40 bits per heavy atom. The molecule has 0 bridgehead atoms. The van der Waals surface area contributed by atoms with E-state index in [1.54, 1.807) is 36.4 Å². The molecule has 1 heterocycles. The van der Waals surface area contributed by atoms with E-state index >= 15 is 0 Å². The third-order valence-corrected chi connectivity index (χ3v) is 7.78. The third-order valence-electron chi connectivity index (χ3n) is 6.87. The van der Waals surface area contributed by atoms with Crippen molar-refractivity contribution in [2.24, 2.45) is 0 Å². The Kier molecular flexibility index (Phi) is 9.67. The van der Waals surface area contributed by atoms with E-state index in [4.69, 9.17) is 25.8 Å². The summed E-state index contributed by atoms with van der Waals surface area (Å²) in [5.74, 6) is -1.14. The molecule has 2 N–H and O–H groups in total. The second-order valence-corrected chi connectivity index (χ2v) is 13.2. The molecule has 0 radical (unpaired) electrons. The summed E-state index contributed by atoms with van der Waals surface area (Å²) >= 11 is 6.55. The Balaban J connectivity index is 1.64. The molecule has 3 aromatic rings. The van der Waals surface area contributed by atoms with E-state index in [1.165, 1.54) is 13.2 Å². The van der Waals surface area contributed by atoms with Crippen molar-refractivity contribution in [2.45, 2.75) is 26.2 Å². The van der Waals surface area contributed by atoms with Gasteiger partial charge in [0.25, 0.3) is 11.7 Å². The number of methoxy groups -OCH3 is 1. The van der Waals surface area contributed by atoms with Crippen LogP contribution in [0.3, 0.4) is 0 Å². The first-order valence-electron chi connectivity index (χ1n) is 13.5. The van der Waals surface area contributed by atoms with E-state index in [0.717, 1.165) is 25.9 Å². The van der Waals surface area contributed by atoms with E-state index < -0.39 is 27.1 Å². The first-order valence-corrected chi connectivity index (χ1v) is 15.8. The average molecular weight is 618 g/mol. The lowest BCUT2D eigenvalue weighted by Gasteiger charge is -2.26. The fourth-order valence-corrected chi connectivity index (χ4v) is 5.54. The highest BCUT2D eigenvalue weighted by Crippen LogP contribution is 2.39. The number of anilines is 2. The molecule has 0 aliphatic carbocycles. The number of carbonyl (C=O) groups excluding carboxylic acids is 2. The number of rotatable bonds is 10. The molecule has 0 spiro atoms. The van der Waals surface area contributed by atoms with Gasteiger partial charge in [0.15, 0.2) is 5.75 Å². The predicted molar refractivity (Wildman–Crippen MR) is 165 cm³/mol. The van der Waals surface area contributed by atoms with Crippen LogP contribution in [-0.4, -0.2) is 77.8 Å². The molecule has 1 aliphatic rings. The SMILES string of the molecule is COc1c(NC(=O)C(=O)c2ccc(OCCN3CCOCC3)c3cccc(Cl)c23)cc(C(C)(C)C)cc1NS(C)(=O)=O. The van der Waals surface area contributed by atoms with E-state index in [-0.39, 0.29) is 22.7 Å². The first-order chi connectivity index (χ1) is 19.8. The smallest absolute Gasteiger partial charge is 0.296 e. The van der Waals surface area contributed by atoms with Crippen LogP contribution in [0.25, 0.3) is 10.8 Å². The van der Waals surface area contributed by atoms with Crippen LogP contribution in [0.5, 0.6) is 11.5 Å². The van der Waals surface area contributed by atoms with Gasteiger partial charge in [0.1, 0.15) is 12.4 Å². The summed E-state index contributed by atoms with van der Waals surface area (Å²) in [6, 6.07) is 11.7. The molecule has 1 saturated heterocycles. The summed E-state index contributed by atoms with van der Waals surface area (Å²) in [5.41, 5.74) is 0.693. The zero-order valence-electron chi connectivity index (χ0n) is 24.4. The molecule has 226 valence electrons. The Labute approximate surface area is 251 Å². The second kappa shape index (κ2) is 12.9. The summed E-state index contributed by atoms with van der Waals surface area (Å²) in [5, 5.41) is 3.94. The summed E-state index contributed by atoms with van der Waals surface area (Å²) in [6.07, 6.45) is 1.02. The largest absolute Gasteiger partial charge is 0.492 e. The molecule has 3 aromatic carbocycles. The molecule has 1 aliphatic heterocycles. The number of hydrogen-bond acceptors (Lipinski definition) is 8. The molecule has 4 rings (SSSR count). The van der Waals surface area contributed by atoms with Crippen molar-refractivity contribution in [1.82, 2.24) is 4.90 Å². The molecule has 42 heavy (non-hydrogen) atoms. The van der Waals surface area contributed by atoms with E-state index in [2.05, 4.69) is 14.9 Å². The van der Waals surface area contributed by atoms with Crippen LogP contribution in [-0.2, 0) is 25.0 Å². The molecule has 1 fully saturated rings. The summed E-state index contributed by atoms with van der Waals surface area (Å²) in [6.45, 7) is 10.0. The average Bonchev–Trinajstić information content (AvgIpc) is 2.92. The lowest BCUT2D eigenvalue weighted by Crippen LogP contribution is -2.38. The van der Waals surface area contributed by atoms with Crippen molar-refractivity contribution in [1.29, 1.82) is 0 Å². The quantitative estimate of drug-likeness (QED) is 0.248. The Bertz CT molecular complexity index is 1600. The highest BCUT2D eigenvalue weighted by Gasteiger charge is 2.26.